The molecule has 0 spiro atoms. The van der Waals surface area contributed by atoms with E-state index >= 15 is 0 Å². The second-order valence-corrected chi connectivity index (χ2v) is 1.43. The Balaban J connectivity index is 2.99. The first-order valence-electron chi connectivity index (χ1n) is 0.901. The van der Waals surface area contributed by atoms with Crippen molar-refractivity contribution in [3.63, 3.8) is 0 Å². The Bertz CT molecular complexity index is 46.8. The van der Waals surface area contributed by atoms with Gasteiger partial charge in [0.1, 0.15) is 0 Å². The van der Waals surface area contributed by atoms with E-state index in [1.54, 1.807) is 0 Å². The van der Waals surface area contributed by atoms with E-state index in [9.17, 15) is 4.79 Å². The molecule has 0 saturated carbocycles. The average Bonchev–Trinajstić information content (AvgIpc) is 1.65. The predicted octanol–water partition coefficient (Wildman–Crippen LogP) is 0.0632. The number of carbonyl (C=O) groups excluding carboxylic acids is 1. The molecule has 5 heteroatoms. The van der Waals surface area contributed by atoms with Gasteiger partial charge in [-0.15, -0.1) is 0 Å². The third-order valence-corrected chi connectivity index (χ3v) is 0.965. The van der Waals surface area contributed by atoms with Gasteiger partial charge in [-0.05, 0) is 0 Å². The van der Waals surface area contributed by atoms with Gasteiger partial charge in [-0.3, -0.25) is 0 Å². The van der Waals surface area contributed by atoms with Crippen LogP contribution in [0, 0.1) is 0 Å². The molecule has 0 aromatic heterocycles. The van der Waals surface area contributed by atoms with Gasteiger partial charge < -0.3 is 0 Å². The second kappa shape index (κ2) is 3.72. The molecule has 0 rings (SSSR count). The van der Waals surface area contributed by atoms with Crippen molar-refractivity contribution in [1.82, 2.24) is 0 Å². The molecule has 0 aromatic rings. The molecule has 6 heavy (non-hydrogen) atoms. The van der Waals surface area contributed by atoms with E-state index in [1.807, 2.05) is 0 Å². The SMILES string of the molecule is O=C([O][Os])[O][Os]. The molecular weight excluding hydrogens is 440 g/mol. The van der Waals surface area contributed by atoms with E-state index in [2.05, 4.69) is 7.06 Å². The first-order chi connectivity index (χ1) is 2.81. The van der Waals surface area contributed by atoms with Crippen LogP contribution in [0.2, 0.25) is 0 Å². The van der Waals surface area contributed by atoms with Crippen LogP contribution in [0.25, 0.3) is 0 Å². The fraction of sp³-hybridized carbons (Fsp3) is 0. The van der Waals surface area contributed by atoms with Crippen LogP contribution in [0.3, 0.4) is 0 Å². The first-order valence-corrected chi connectivity index (χ1v) is 2.98. The molecule has 0 N–H and O–H groups in total. The summed E-state index contributed by atoms with van der Waals surface area (Å²) in [6.45, 7) is 0. The summed E-state index contributed by atoms with van der Waals surface area (Å²) in [5.41, 5.74) is 0. The summed E-state index contributed by atoms with van der Waals surface area (Å²) in [5.74, 6) is 0. The van der Waals surface area contributed by atoms with Gasteiger partial charge in [-0.25, -0.2) is 0 Å². The standard InChI is InChI=1S/CH2O3.2Os/c2-1(3)4;;/h(H2,2,3,4);;/q;2*+1/p-2. The molecule has 0 radical (unpaired) electrons. The van der Waals surface area contributed by atoms with Crippen molar-refractivity contribution >= 4 is 6.16 Å². The van der Waals surface area contributed by atoms with E-state index in [-0.39, 0.29) is 0 Å². The van der Waals surface area contributed by atoms with Gasteiger partial charge in [0.2, 0.25) is 0 Å². The van der Waals surface area contributed by atoms with E-state index < -0.39 is 6.16 Å². The van der Waals surface area contributed by atoms with Crippen molar-refractivity contribution in [2.75, 3.05) is 0 Å². The van der Waals surface area contributed by atoms with Crippen LogP contribution < -0.4 is 0 Å². The molecule has 0 amide bonds. The van der Waals surface area contributed by atoms with Gasteiger partial charge in [0.25, 0.3) is 0 Å². The number of rotatable bonds is 0. The molecule has 3 nitrogen and oxygen atoms in total. The van der Waals surface area contributed by atoms with Gasteiger partial charge in [0.15, 0.2) is 0 Å². The van der Waals surface area contributed by atoms with Crippen molar-refractivity contribution in [3.05, 3.63) is 0 Å². The molecule has 0 unspecified atom stereocenters. The van der Waals surface area contributed by atoms with Crippen LogP contribution in [0.15, 0.2) is 0 Å². The third-order valence-electron chi connectivity index (χ3n) is 0.118. The number of hydrogen-bond donors (Lipinski definition) is 0. The summed E-state index contributed by atoms with van der Waals surface area (Å²) in [6.07, 6.45) is -0.633. The monoisotopic (exact) mass is 444 g/mol. The van der Waals surface area contributed by atoms with Crippen molar-refractivity contribution < 1.29 is 49.8 Å². The predicted molar refractivity (Wildman–Crippen MR) is 7.57 cm³/mol. The van der Waals surface area contributed by atoms with E-state index in [1.165, 1.54) is 0 Å². The molecule has 38 valence electrons. The van der Waals surface area contributed by atoms with Gasteiger partial charge in [0, 0.05) is 0 Å². The molecule has 0 aromatic carbocycles. The van der Waals surface area contributed by atoms with Gasteiger partial charge in [-0.1, -0.05) is 0 Å². The Hall–Kier alpha value is 0.543. The molecule has 0 saturated heterocycles. The van der Waals surface area contributed by atoms with Gasteiger partial charge in [-0.2, -0.15) is 0 Å². The van der Waals surface area contributed by atoms with Crippen LogP contribution in [0.4, 0.5) is 4.79 Å². The first kappa shape index (κ1) is 6.54. The Kier molecular flexibility index (Phi) is 4.06. The summed E-state index contributed by atoms with van der Waals surface area (Å²) in [7, 11) is 0. The Morgan fingerprint density at radius 1 is 1.33 bits per heavy atom. The molecule has 0 aliphatic heterocycles. The third kappa shape index (κ3) is 2.76. The molecule has 0 aliphatic rings. The number of hydrogen-bond acceptors (Lipinski definition) is 3. The summed E-state index contributed by atoms with van der Waals surface area (Å²) >= 11 is 2.18. The normalized spacial score (nSPS) is 7.00. The van der Waals surface area contributed by atoms with Crippen molar-refractivity contribution in [2.24, 2.45) is 0 Å². The maximum atomic E-state index is 9.75. The van der Waals surface area contributed by atoms with Gasteiger partial charge in [0.05, 0.1) is 0 Å². The maximum absolute atomic E-state index is 9.75. The molecule has 0 fully saturated rings. The van der Waals surface area contributed by atoms with Crippen molar-refractivity contribution in [2.45, 2.75) is 0 Å². The van der Waals surface area contributed by atoms with E-state index in [4.69, 9.17) is 0 Å². The molecule has 0 heterocycles. The van der Waals surface area contributed by atoms with E-state index in [0.717, 1.165) is 37.9 Å². The Morgan fingerprint density at radius 2 is 1.67 bits per heavy atom. The zero-order chi connectivity index (χ0) is 4.99. The second-order valence-electron chi connectivity index (χ2n) is 0.394. The van der Waals surface area contributed by atoms with Crippen LogP contribution in [0.1, 0.15) is 0 Å². The average molecular weight is 440 g/mol. The minimum absolute atomic E-state index is 0.633. The van der Waals surface area contributed by atoms with Crippen molar-refractivity contribution in [3.8, 4) is 0 Å². The van der Waals surface area contributed by atoms with Crippen LogP contribution in [-0.2, 0) is 45.0 Å². The van der Waals surface area contributed by atoms with Crippen LogP contribution in [0.5, 0.6) is 0 Å². The summed E-state index contributed by atoms with van der Waals surface area (Å²) in [5, 5.41) is 0. The van der Waals surface area contributed by atoms with E-state index in [0.29, 0.717) is 0 Å². The molecular formula is CO3Os2. The Morgan fingerprint density at radius 3 is 1.67 bits per heavy atom. The fourth-order valence-corrected chi connectivity index (χ4v) is 0.698. The minimum atomic E-state index is -0.633. The molecule has 0 atom stereocenters. The Labute approximate surface area is 56.0 Å². The summed E-state index contributed by atoms with van der Waals surface area (Å²) < 4.78 is 8.15. The van der Waals surface area contributed by atoms with Crippen LogP contribution >= 0.6 is 0 Å². The zero-order valence-electron chi connectivity index (χ0n) is 2.43. The topological polar surface area (TPSA) is 35.5 Å². The fourth-order valence-electron chi connectivity index (χ4n) is 0.0104. The summed E-state index contributed by atoms with van der Waals surface area (Å²) in [4.78, 5) is 9.75. The number of carbonyl (C=O) groups is 1. The zero-order valence-corrected chi connectivity index (χ0v) is 7.51. The molecule has 0 bridgehead atoms. The van der Waals surface area contributed by atoms with Gasteiger partial charge >= 0.3 is 55.9 Å². The van der Waals surface area contributed by atoms with Crippen LogP contribution in [-0.4, -0.2) is 6.16 Å². The summed E-state index contributed by atoms with van der Waals surface area (Å²) in [6, 6.07) is 0. The quantitative estimate of drug-likeness (QED) is 0.535. The van der Waals surface area contributed by atoms with Crippen molar-refractivity contribution in [1.29, 1.82) is 0 Å². The molecule has 0 aliphatic carbocycles.